The molecule has 1 aromatic heterocycles. The minimum atomic E-state index is -2.83. The van der Waals surface area contributed by atoms with E-state index in [9.17, 15) is 8.78 Å². The Bertz CT molecular complexity index is 704. The van der Waals surface area contributed by atoms with Crippen LogP contribution >= 0.6 is 11.6 Å². The van der Waals surface area contributed by atoms with Gasteiger partial charge in [-0.25, -0.2) is 4.98 Å². The van der Waals surface area contributed by atoms with Gasteiger partial charge >= 0.3 is 6.61 Å². The lowest BCUT2D eigenvalue weighted by Crippen LogP contribution is -2.19. The van der Waals surface area contributed by atoms with Crippen LogP contribution in [0.2, 0.25) is 5.15 Å². The van der Waals surface area contributed by atoms with E-state index in [1.165, 1.54) is 12.1 Å². The van der Waals surface area contributed by atoms with E-state index in [4.69, 9.17) is 11.6 Å². The molecule has 0 radical (unpaired) electrons. The fourth-order valence-electron chi connectivity index (χ4n) is 2.58. The van der Waals surface area contributed by atoms with E-state index in [0.29, 0.717) is 5.15 Å². The van der Waals surface area contributed by atoms with Gasteiger partial charge in [0.25, 0.3) is 0 Å². The van der Waals surface area contributed by atoms with E-state index >= 15 is 0 Å². The molecule has 1 aliphatic heterocycles. The summed E-state index contributed by atoms with van der Waals surface area (Å²) in [6.45, 7) is -0.783. The average molecular weight is 338 g/mol. The van der Waals surface area contributed by atoms with Crippen LogP contribution in [0.25, 0.3) is 0 Å². The first kappa shape index (κ1) is 15.7. The van der Waals surface area contributed by atoms with Crippen LogP contribution in [0.4, 0.5) is 8.78 Å². The molecule has 3 rings (SSSR count). The molecule has 1 aliphatic rings. The van der Waals surface area contributed by atoms with Crippen molar-refractivity contribution < 1.29 is 13.5 Å². The minimum Gasteiger partial charge on any atom is -0.435 e. The van der Waals surface area contributed by atoms with E-state index in [-0.39, 0.29) is 17.7 Å². The summed E-state index contributed by atoms with van der Waals surface area (Å²) < 4.78 is 28.7. The molecule has 4 nitrogen and oxygen atoms in total. The highest BCUT2D eigenvalue weighted by atomic mass is 35.5. The molecule has 2 unspecified atom stereocenters. The van der Waals surface area contributed by atoms with Crippen LogP contribution in [0.15, 0.2) is 47.7 Å². The quantitative estimate of drug-likeness (QED) is 0.857. The van der Waals surface area contributed by atoms with Crippen LogP contribution < -0.4 is 10.2 Å². The number of hydrogen-bond acceptors (Lipinski definition) is 4. The topological polar surface area (TPSA) is 46.5 Å². The third-order valence-electron chi connectivity index (χ3n) is 3.74. The predicted octanol–water partition coefficient (Wildman–Crippen LogP) is 4.02. The van der Waals surface area contributed by atoms with Gasteiger partial charge < -0.3 is 10.2 Å². The smallest absolute Gasteiger partial charge is 0.387 e. The molecular weight excluding hydrogens is 324 g/mol. The van der Waals surface area contributed by atoms with E-state index in [1.54, 1.807) is 24.4 Å². The normalized spacial score (nSPS) is 20.3. The SMILES string of the molecule is CC1C(c2ccc(OC(F)F)cc2)=NNC1c1ccc(Cl)nc1. The summed E-state index contributed by atoms with van der Waals surface area (Å²) in [5, 5.41) is 4.81. The summed E-state index contributed by atoms with van der Waals surface area (Å²) in [5.74, 6) is 0.223. The number of pyridine rings is 1. The average Bonchev–Trinajstić information content (AvgIpc) is 2.90. The Labute approximate surface area is 137 Å². The molecule has 0 aliphatic carbocycles. The maximum absolute atomic E-state index is 12.2. The third kappa shape index (κ3) is 3.42. The Hall–Kier alpha value is -2.21. The Balaban J connectivity index is 1.75. The second-order valence-electron chi connectivity index (χ2n) is 5.21. The molecule has 2 aromatic rings. The zero-order chi connectivity index (χ0) is 16.4. The van der Waals surface area contributed by atoms with Crippen LogP contribution in [0.1, 0.15) is 24.1 Å². The number of benzene rings is 1. The number of hydrogen-bond donors (Lipinski definition) is 1. The van der Waals surface area contributed by atoms with Crippen molar-refractivity contribution in [3.8, 4) is 5.75 Å². The molecule has 7 heteroatoms. The van der Waals surface area contributed by atoms with Gasteiger partial charge in [-0.15, -0.1) is 0 Å². The maximum atomic E-state index is 12.2. The zero-order valence-corrected chi connectivity index (χ0v) is 13.0. The van der Waals surface area contributed by atoms with Crippen LogP contribution in [0.3, 0.4) is 0 Å². The number of halogens is 3. The second-order valence-corrected chi connectivity index (χ2v) is 5.60. The number of nitrogens with zero attached hydrogens (tertiary/aromatic N) is 2. The fourth-order valence-corrected chi connectivity index (χ4v) is 2.69. The summed E-state index contributed by atoms with van der Waals surface area (Å²) in [7, 11) is 0. The van der Waals surface area contributed by atoms with Crippen molar-refractivity contribution in [1.29, 1.82) is 0 Å². The predicted molar refractivity (Wildman–Crippen MR) is 83.9 cm³/mol. The third-order valence-corrected chi connectivity index (χ3v) is 3.96. The lowest BCUT2D eigenvalue weighted by Gasteiger charge is -2.17. The van der Waals surface area contributed by atoms with Crippen LogP contribution in [0.5, 0.6) is 5.75 Å². The summed E-state index contributed by atoms with van der Waals surface area (Å²) in [5.41, 5.74) is 5.79. The molecular formula is C16H14ClF2N3O. The van der Waals surface area contributed by atoms with Gasteiger partial charge in [0.05, 0.1) is 11.8 Å². The largest absolute Gasteiger partial charge is 0.435 e. The van der Waals surface area contributed by atoms with E-state index < -0.39 is 6.61 Å². The molecule has 120 valence electrons. The van der Waals surface area contributed by atoms with Gasteiger partial charge in [0.1, 0.15) is 10.9 Å². The molecule has 0 amide bonds. The highest BCUT2D eigenvalue weighted by Gasteiger charge is 2.30. The van der Waals surface area contributed by atoms with Gasteiger partial charge in [-0.3, -0.25) is 0 Å². The number of alkyl halides is 2. The van der Waals surface area contributed by atoms with Gasteiger partial charge in [0, 0.05) is 12.1 Å². The standard InChI is InChI=1S/C16H14ClF2N3O/c1-9-14(10-2-5-12(6-3-10)23-16(18)19)21-22-15(9)11-4-7-13(17)20-8-11/h2-9,15-16,22H,1H3. The van der Waals surface area contributed by atoms with Crippen molar-refractivity contribution in [3.63, 3.8) is 0 Å². The monoisotopic (exact) mass is 337 g/mol. The van der Waals surface area contributed by atoms with E-state index in [2.05, 4.69) is 20.2 Å². The van der Waals surface area contributed by atoms with Gasteiger partial charge in [0.2, 0.25) is 0 Å². The lowest BCUT2D eigenvalue weighted by atomic mass is 9.90. The molecule has 23 heavy (non-hydrogen) atoms. The number of nitrogens with one attached hydrogen (secondary N) is 1. The summed E-state index contributed by atoms with van der Waals surface area (Å²) in [6, 6.07) is 10.1. The van der Waals surface area contributed by atoms with Crippen molar-refractivity contribution in [2.45, 2.75) is 19.6 Å². The first-order chi connectivity index (χ1) is 11.0. The van der Waals surface area contributed by atoms with Crippen LogP contribution in [-0.4, -0.2) is 17.3 Å². The molecule has 0 spiro atoms. The molecule has 2 atom stereocenters. The highest BCUT2D eigenvalue weighted by molar-refractivity contribution is 6.29. The number of hydrazone groups is 1. The number of aromatic nitrogens is 1. The minimum absolute atomic E-state index is 0.00763. The molecule has 1 N–H and O–H groups in total. The molecule has 0 bridgehead atoms. The van der Waals surface area contributed by atoms with Crippen LogP contribution in [-0.2, 0) is 0 Å². The molecule has 0 saturated carbocycles. The molecule has 1 aromatic carbocycles. The van der Waals surface area contributed by atoms with E-state index in [1.807, 2.05) is 13.0 Å². The summed E-state index contributed by atoms with van der Waals surface area (Å²) >= 11 is 5.80. The van der Waals surface area contributed by atoms with E-state index in [0.717, 1.165) is 16.8 Å². The second kappa shape index (κ2) is 6.50. The number of rotatable bonds is 4. The molecule has 0 saturated heterocycles. The van der Waals surface area contributed by atoms with Crippen LogP contribution in [0, 0.1) is 5.92 Å². The Morgan fingerprint density at radius 3 is 2.52 bits per heavy atom. The first-order valence-corrected chi connectivity index (χ1v) is 7.42. The van der Waals surface area contributed by atoms with Crippen molar-refractivity contribution in [3.05, 3.63) is 58.9 Å². The lowest BCUT2D eigenvalue weighted by molar-refractivity contribution is -0.0498. The fraction of sp³-hybridized carbons (Fsp3) is 0.250. The Kier molecular flexibility index (Phi) is 4.43. The van der Waals surface area contributed by atoms with Crippen molar-refractivity contribution >= 4 is 17.3 Å². The zero-order valence-electron chi connectivity index (χ0n) is 12.2. The first-order valence-electron chi connectivity index (χ1n) is 7.04. The summed E-state index contributed by atoms with van der Waals surface area (Å²) in [6.07, 6.45) is 1.72. The van der Waals surface area contributed by atoms with Gasteiger partial charge in [-0.2, -0.15) is 13.9 Å². The van der Waals surface area contributed by atoms with Crippen molar-refractivity contribution in [1.82, 2.24) is 10.4 Å². The van der Waals surface area contributed by atoms with Crippen molar-refractivity contribution in [2.75, 3.05) is 0 Å². The van der Waals surface area contributed by atoms with Gasteiger partial charge in [-0.1, -0.05) is 24.6 Å². The molecule has 2 heterocycles. The Morgan fingerprint density at radius 2 is 1.91 bits per heavy atom. The highest BCUT2D eigenvalue weighted by Crippen LogP contribution is 2.30. The van der Waals surface area contributed by atoms with Crippen molar-refractivity contribution in [2.24, 2.45) is 11.0 Å². The van der Waals surface area contributed by atoms with Gasteiger partial charge in [0.15, 0.2) is 0 Å². The summed E-state index contributed by atoms with van der Waals surface area (Å²) in [4.78, 5) is 4.08. The Morgan fingerprint density at radius 1 is 1.17 bits per heavy atom. The maximum Gasteiger partial charge on any atom is 0.387 e. The molecule has 0 fully saturated rings. The number of ether oxygens (including phenoxy) is 1. The van der Waals surface area contributed by atoms with Gasteiger partial charge in [-0.05, 0) is 41.5 Å².